The summed E-state index contributed by atoms with van der Waals surface area (Å²) in [6.45, 7) is 0. The van der Waals surface area contributed by atoms with Crippen LogP contribution >= 0.6 is 0 Å². The van der Waals surface area contributed by atoms with Gasteiger partial charge in [-0.2, -0.15) is 5.10 Å². The fraction of sp³-hybridized carbons (Fsp3) is 0.467. The predicted molar refractivity (Wildman–Crippen MR) is 76.6 cm³/mol. The zero-order valence-electron chi connectivity index (χ0n) is 11.6. The molecule has 1 aliphatic rings. The van der Waals surface area contributed by atoms with Crippen LogP contribution in [0, 0.1) is 0 Å². The maximum atomic E-state index is 12.3. The highest BCUT2D eigenvalue weighted by Gasteiger charge is 2.23. The molecule has 0 aliphatic heterocycles. The van der Waals surface area contributed by atoms with Crippen molar-refractivity contribution in [3.8, 4) is 0 Å². The molecule has 5 nitrogen and oxygen atoms in total. The van der Waals surface area contributed by atoms with Gasteiger partial charge in [0.2, 0.25) is 0 Å². The molecule has 0 atom stereocenters. The van der Waals surface area contributed by atoms with Gasteiger partial charge < -0.3 is 10.1 Å². The summed E-state index contributed by atoms with van der Waals surface area (Å²) in [7, 11) is 1.75. The Balaban J connectivity index is 1.68. The number of methoxy groups -OCH3 is 1. The van der Waals surface area contributed by atoms with E-state index >= 15 is 0 Å². The fourth-order valence-electron chi connectivity index (χ4n) is 2.83. The lowest BCUT2D eigenvalue weighted by molar-refractivity contribution is 0.0598. The Hall–Kier alpha value is -1.88. The first-order valence-corrected chi connectivity index (χ1v) is 7.04. The monoisotopic (exact) mass is 273 g/mol. The van der Waals surface area contributed by atoms with E-state index in [0.29, 0.717) is 11.8 Å². The van der Waals surface area contributed by atoms with Gasteiger partial charge in [0, 0.05) is 18.5 Å². The second-order valence-electron chi connectivity index (χ2n) is 5.30. The highest BCUT2D eigenvalue weighted by Crippen LogP contribution is 2.21. The summed E-state index contributed by atoms with van der Waals surface area (Å²) in [6.07, 6.45) is 4.28. The molecule has 0 unspecified atom stereocenters. The van der Waals surface area contributed by atoms with Gasteiger partial charge in [-0.25, -0.2) is 0 Å². The topological polar surface area (TPSA) is 67.0 Å². The van der Waals surface area contributed by atoms with Crippen LogP contribution in [0.15, 0.2) is 24.3 Å². The summed E-state index contributed by atoms with van der Waals surface area (Å²) in [5.41, 5.74) is 1.37. The van der Waals surface area contributed by atoms with E-state index in [9.17, 15) is 4.79 Å². The molecule has 3 rings (SSSR count). The van der Waals surface area contributed by atoms with Crippen LogP contribution in [0.5, 0.6) is 0 Å². The van der Waals surface area contributed by atoms with Crippen molar-refractivity contribution in [1.82, 2.24) is 15.5 Å². The van der Waals surface area contributed by atoms with E-state index in [1.54, 1.807) is 7.11 Å². The number of hydrogen-bond acceptors (Lipinski definition) is 3. The van der Waals surface area contributed by atoms with E-state index in [4.69, 9.17) is 4.74 Å². The Bertz CT molecular complexity index is 600. The van der Waals surface area contributed by atoms with Gasteiger partial charge in [0.15, 0.2) is 5.69 Å². The van der Waals surface area contributed by atoms with Crippen LogP contribution in [0.25, 0.3) is 10.9 Å². The van der Waals surface area contributed by atoms with Gasteiger partial charge in [-0.05, 0) is 31.7 Å². The molecule has 5 heteroatoms. The minimum atomic E-state index is -0.0942. The first-order valence-electron chi connectivity index (χ1n) is 7.04. The van der Waals surface area contributed by atoms with Crippen molar-refractivity contribution >= 4 is 16.8 Å². The average molecular weight is 273 g/mol. The van der Waals surface area contributed by atoms with E-state index in [2.05, 4.69) is 15.5 Å². The molecule has 106 valence electrons. The summed E-state index contributed by atoms with van der Waals surface area (Å²) in [4.78, 5) is 12.3. The minimum Gasteiger partial charge on any atom is -0.381 e. The lowest BCUT2D eigenvalue weighted by atomic mass is 9.93. The number of para-hydroxylation sites is 1. The smallest absolute Gasteiger partial charge is 0.272 e. The molecule has 1 aliphatic carbocycles. The molecule has 1 saturated carbocycles. The van der Waals surface area contributed by atoms with Crippen LogP contribution in [-0.2, 0) is 4.74 Å². The molecule has 1 fully saturated rings. The second kappa shape index (κ2) is 5.63. The van der Waals surface area contributed by atoms with E-state index in [1.807, 2.05) is 24.3 Å². The summed E-state index contributed by atoms with van der Waals surface area (Å²) < 4.78 is 5.34. The Kier molecular flexibility index (Phi) is 3.69. The number of fused-ring (bicyclic) bond motifs is 1. The SMILES string of the molecule is COC1CCC(NC(=O)c2n[nH]c3ccccc23)CC1. The summed E-state index contributed by atoms with van der Waals surface area (Å²) in [5, 5.41) is 11.0. The third-order valence-electron chi connectivity index (χ3n) is 4.03. The Morgan fingerprint density at radius 1 is 1.30 bits per heavy atom. The standard InChI is InChI=1S/C15H19N3O2/c1-20-11-8-6-10(7-9-11)16-15(19)14-12-4-2-3-5-13(12)17-18-14/h2-5,10-11H,6-9H2,1H3,(H,16,19)(H,17,18). The van der Waals surface area contributed by atoms with Crippen molar-refractivity contribution in [3.63, 3.8) is 0 Å². The van der Waals surface area contributed by atoms with E-state index in [-0.39, 0.29) is 11.9 Å². The Morgan fingerprint density at radius 3 is 2.80 bits per heavy atom. The van der Waals surface area contributed by atoms with E-state index in [0.717, 1.165) is 36.6 Å². The number of nitrogens with one attached hydrogen (secondary N) is 2. The maximum absolute atomic E-state index is 12.3. The second-order valence-corrected chi connectivity index (χ2v) is 5.30. The number of nitrogens with zero attached hydrogens (tertiary/aromatic N) is 1. The Morgan fingerprint density at radius 2 is 2.05 bits per heavy atom. The van der Waals surface area contributed by atoms with E-state index in [1.165, 1.54) is 0 Å². The summed E-state index contributed by atoms with van der Waals surface area (Å²) in [5.74, 6) is -0.0942. The van der Waals surface area contributed by atoms with Crippen LogP contribution in [0.1, 0.15) is 36.2 Å². The van der Waals surface area contributed by atoms with Crippen molar-refractivity contribution in [2.45, 2.75) is 37.8 Å². The zero-order valence-corrected chi connectivity index (χ0v) is 11.6. The highest BCUT2D eigenvalue weighted by molar-refractivity contribution is 6.04. The summed E-state index contributed by atoms with van der Waals surface area (Å²) >= 11 is 0. The fourth-order valence-corrected chi connectivity index (χ4v) is 2.83. The molecule has 1 aromatic heterocycles. The van der Waals surface area contributed by atoms with Crippen molar-refractivity contribution in [2.75, 3.05) is 7.11 Å². The first-order chi connectivity index (χ1) is 9.78. The number of benzene rings is 1. The third-order valence-corrected chi connectivity index (χ3v) is 4.03. The van der Waals surface area contributed by atoms with Crippen molar-refractivity contribution in [3.05, 3.63) is 30.0 Å². The molecule has 0 bridgehead atoms. The van der Waals surface area contributed by atoms with E-state index < -0.39 is 0 Å². The number of hydrogen-bond donors (Lipinski definition) is 2. The normalized spacial score (nSPS) is 22.9. The number of carbonyl (C=O) groups excluding carboxylic acids is 1. The predicted octanol–water partition coefficient (Wildman–Crippen LogP) is 2.25. The molecule has 0 saturated heterocycles. The average Bonchev–Trinajstić information content (AvgIpc) is 2.92. The summed E-state index contributed by atoms with van der Waals surface area (Å²) in [6, 6.07) is 7.90. The maximum Gasteiger partial charge on any atom is 0.272 e. The molecule has 20 heavy (non-hydrogen) atoms. The van der Waals surface area contributed by atoms with Crippen LogP contribution in [0.3, 0.4) is 0 Å². The number of aromatic amines is 1. The molecule has 1 aromatic carbocycles. The van der Waals surface area contributed by atoms with Crippen LogP contribution in [-0.4, -0.2) is 35.4 Å². The molecule has 1 amide bonds. The highest BCUT2D eigenvalue weighted by atomic mass is 16.5. The lowest BCUT2D eigenvalue weighted by Crippen LogP contribution is -2.39. The number of rotatable bonds is 3. The van der Waals surface area contributed by atoms with Gasteiger partial charge in [-0.15, -0.1) is 0 Å². The quantitative estimate of drug-likeness (QED) is 0.901. The largest absolute Gasteiger partial charge is 0.381 e. The molecule has 2 aromatic rings. The molecular formula is C15H19N3O2. The van der Waals surface area contributed by atoms with Crippen LogP contribution in [0.4, 0.5) is 0 Å². The molecule has 1 heterocycles. The molecule has 0 radical (unpaired) electrons. The Labute approximate surface area is 117 Å². The van der Waals surface area contributed by atoms with Crippen LogP contribution < -0.4 is 5.32 Å². The van der Waals surface area contributed by atoms with Crippen LogP contribution in [0.2, 0.25) is 0 Å². The van der Waals surface area contributed by atoms with Crippen molar-refractivity contribution < 1.29 is 9.53 Å². The number of carbonyl (C=O) groups is 1. The number of H-pyrrole nitrogens is 1. The van der Waals surface area contributed by atoms with Gasteiger partial charge in [-0.1, -0.05) is 18.2 Å². The van der Waals surface area contributed by atoms with Gasteiger partial charge >= 0.3 is 0 Å². The van der Waals surface area contributed by atoms with Gasteiger partial charge in [0.05, 0.1) is 11.6 Å². The molecule has 0 spiro atoms. The first kappa shape index (κ1) is 13.1. The molecule has 2 N–H and O–H groups in total. The van der Waals surface area contributed by atoms with Crippen molar-refractivity contribution in [2.24, 2.45) is 0 Å². The van der Waals surface area contributed by atoms with Gasteiger partial charge in [0.1, 0.15) is 0 Å². The van der Waals surface area contributed by atoms with Crippen molar-refractivity contribution in [1.29, 1.82) is 0 Å². The number of amides is 1. The zero-order chi connectivity index (χ0) is 13.9. The number of aromatic nitrogens is 2. The lowest BCUT2D eigenvalue weighted by Gasteiger charge is -2.27. The third kappa shape index (κ3) is 2.54. The van der Waals surface area contributed by atoms with Gasteiger partial charge in [-0.3, -0.25) is 9.89 Å². The van der Waals surface area contributed by atoms with Gasteiger partial charge in [0.25, 0.3) is 5.91 Å². The molecular weight excluding hydrogens is 254 g/mol. The minimum absolute atomic E-state index is 0.0942. The number of ether oxygens (including phenoxy) is 1.